The summed E-state index contributed by atoms with van der Waals surface area (Å²) < 4.78 is 33.1. The Morgan fingerprint density at radius 1 is 1.03 bits per heavy atom. The molecule has 0 amide bonds. The van der Waals surface area contributed by atoms with Gasteiger partial charge in [0.1, 0.15) is 11.3 Å². The van der Waals surface area contributed by atoms with Crippen molar-refractivity contribution in [3.05, 3.63) is 57.9 Å². The fourth-order valence-electron chi connectivity index (χ4n) is 3.91. The van der Waals surface area contributed by atoms with Crippen molar-refractivity contribution in [1.82, 2.24) is 0 Å². The van der Waals surface area contributed by atoms with Crippen LogP contribution in [-0.4, -0.2) is 40.0 Å². The van der Waals surface area contributed by atoms with Gasteiger partial charge in [0.25, 0.3) is 0 Å². The standard InChI is InChI=1S/C23H22O8/c1-5-29-23(25)21-17(12-10-15(26-2)20(28-4)16(11-12)27-3)18-19(31-21)13-8-6-7-9-14(13)30-22(18)24/h6-11,17,21H,5H2,1-4H3/t17-,21-/m1/s1. The summed E-state index contributed by atoms with van der Waals surface area (Å²) in [5.74, 6) is 0.107. The van der Waals surface area contributed by atoms with E-state index in [0.717, 1.165) is 0 Å². The molecular formula is C23H22O8. The molecular weight excluding hydrogens is 404 g/mol. The second-order valence-electron chi connectivity index (χ2n) is 6.86. The summed E-state index contributed by atoms with van der Waals surface area (Å²) in [6, 6.07) is 10.4. The molecule has 0 spiro atoms. The van der Waals surface area contributed by atoms with Gasteiger partial charge in [-0.2, -0.15) is 0 Å². The first-order valence-electron chi connectivity index (χ1n) is 9.72. The van der Waals surface area contributed by atoms with Crippen molar-refractivity contribution < 1.29 is 32.9 Å². The van der Waals surface area contributed by atoms with Crippen LogP contribution in [0.3, 0.4) is 0 Å². The van der Waals surface area contributed by atoms with Crippen molar-refractivity contribution >= 4 is 16.9 Å². The van der Waals surface area contributed by atoms with E-state index in [1.54, 1.807) is 43.3 Å². The zero-order valence-electron chi connectivity index (χ0n) is 17.6. The number of para-hydroxylation sites is 1. The first-order valence-corrected chi connectivity index (χ1v) is 9.72. The Balaban J connectivity index is 1.98. The number of hydrogen-bond acceptors (Lipinski definition) is 8. The van der Waals surface area contributed by atoms with Crippen LogP contribution in [0.2, 0.25) is 0 Å². The molecule has 4 rings (SSSR count). The second-order valence-corrected chi connectivity index (χ2v) is 6.86. The van der Waals surface area contributed by atoms with Crippen LogP contribution >= 0.6 is 0 Å². The molecule has 0 saturated carbocycles. The van der Waals surface area contributed by atoms with E-state index in [1.165, 1.54) is 21.3 Å². The van der Waals surface area contributed by atoms with Crippen LogP contribution in [-0.2, 0) is 9.53 Å². The Morgan fingerprint density at radius 3 is 2.32 bits per heavy atom. The van der Waals surface area contributed by atoms with Gasteiger partial charge in [-0.25, -0.2) is 9.59 Å². The van der Waals surface area contributed by atoms with Gasteiger partial charge in [0.05, 0.1) is 44.8 Å². The molecule has 1 aliphatic rings. The van der Waals surface area contributed by atoms with E-state index in [4.69, 9.17) is 28.1 Å². The summed E-state index contributed by atoms with van der Waals surface area (Å²) in [6.07, 6.45) is -1.08. The van der Waals surface area contributed by atoms with Crippen LogP contribution in [0.5, 0.6) is 23.0 Å². The number of carbonyl (C=O) groups is 1. The Kier molecular flexibility index (Phi) is 5.46. The number of rotatable bonds is 6. The fourth-order valence-corrected chi connectivity index (χ4v) is 3.91. The highest BCUT2D eigenvalue weighted by Gasteiger charge is 2.45. The van der Waals surface area contributed by atoms with E-state index in [2.05, 4.69) is 0 Å². The van der Waals surface area contributed by atoms with Gasteiger partial charge in [0.2, 0.25) is 11.9 Å². The Hall–Kier alpha value is -3.68. The minimum Gasteiger partial charge on any atom is -0.493 e. The molecule has 2 aromatic carbocycles. The molecule has 0 N–H and O–H groups in total. The molecule has 2 heterocycles. The lowest BCUT2D eigenvalue weighted by atomic mass is 9.88. The average molecular weight is 426 g/mol. The lowest BCUT2D eigenvalue weighted by molar-refractivity contribution is -0.151. The van der Waals surface area contributed by atoms with Crippen molar-refractivity contribution in [2.45, 2.75) is 18.9 Å². The number of benzene rings is 2. The molecule has 3 aromatic rings. The molecule has 0 unspecified atom stereocenters. The highest BCUT2D eigenvalue weighted by Crippen LogP contribution is 2.48. The predicted octanol–water partition coefficient (Wildman–Crippen LogP) is 3.27. The molecule has 0 bridgehead atoms. The first-order chi connectivity index (χ1) is 15.0. The molecule has 8 nitrogen and oxygen atoms in total. The van der Waals surface area contributed by atoms with Crippen molar-refractivity contribution in [1.29, 1.82) is 0 Å². The predicted molar refractivity (Wildman–Crippen MR) is 111 cm³/mol. The van der Waals surface area contributed by atoms with Crippen molar-refractivity contribution in [3.63, 3.8) is 0 Å². The maximum absolute atomic E-state index is 13.0. The van der Waals surface area contributed by atoms with Crippen LogP contribution in [0.4, 0.5) is 0 Å². The van der Waals surface area contributed by atoms with Gasteiger partial charge in [-0.1, -0.05) is 12.1 Å². The van der Waals surface area contributed by atoms with Gasteiger partial charge in [-0.05, 0) is 36.8 Å². The van der Waals surface area contributed by atoms with Gasteiger partial charge < -0.3 is 28.1 Å². The number of methoxy groups -OCH3 is 3. The first kappa shape index (κ1) is 20.6. The molecule has 162 valence electrons. The summed E-state index contributed by atoms with van der Waals surface area (Å²) >= 11 is 0. The van der Waals surface area contributed by atoms with E-state index >= 15 is 0 Å². The number of carbonyl (C=O) groups excluding carboxylic acids is 1. The lowest BCUT2D eigenvalue weighted by Gasteiger charge is -2.20. The van der Waals surface area contributed by atoms with E-state index in [-0.39, 0.29) is 12.2 Å². The Morgan fingerprint density at radius 2 is 1.71 bits per heavy atom. The molecule has 0 radical (unpaired) electrons. The summed E-state index contributed by atoms with van der Waals surface area (Å²) in [5, 5.41) is 0.598. The number of ether oxygens (including phenoxy) is 5. The third-order valence-electron chi connectivity index (χ3n) is 5.22. The third kappa shape index (κ3) is 3.34. The highest BCUT2D eigenvalue weighted by molar-refractivity contribution is 5.88. The van der Waals surface area contributed by atoms with E-state index in [1.807, 2.05) is 0 Å². The molecule has 1 aliphatic heterocycles. The zero-order chi connectivity index (χ0) is 22.1. The zero-order valence-corrected chi connectivity index (χ0v) is 17.6. The smallest absolute Gasteiger partial charge is 0.348 e. The molecule has 0 fully saturated rings. The normalized spacial score (nSPS) is 17.0. The molecule has 8 heteroatoms. The average Bonchev–Trinajstić information content (AvgIpc) is 3.20. The molecule has 1 aromatic heterocycles. The van der Waals surface area contributed by atoms with E-state index < -0.39 is 23.6 Å². The van der Waals surface area contributed by atoms with Crippen LogP contribution in [0.25, 0.3) is 11.0 Å². The van der Waals surface area contributed by atoms with Crippen molar-refractivity contribution in [2.75, 3.05) is 27.9 Å². The van der Waals surface area contributed by atoms with Crippen LogP contribution in [0, 0.1) is 0 Å². The molecule has 31 heavy (non-hydrogen) atoms. The number of hydrogen-bond donors (Lipinski definition) is 0. The minimum atomic E-state index is -1.08. The highest BCUT2D eigenvalue weighted by atomic mass is 16.6. The van der Waals surface area contributed by atoms with Gasteiger partial charge in [0, 0.05) is 0 Å². The molecule has 2 atom stereocenters. The summed E-state index contributed by atoms with van der Waals surface area (Å²) in [5.41, 5.74) is 0.596. The third-order valence-corrected chi connectivity index (χ3v) is 5.22. The number of fused-ring (bicyclic) bond motifs is 3. The summed E-state index contributed by atoms with van der Waals surface area (Å²) in [4.78, 5) is 25.8. The monoisotopic (exact) mass is 426 g/mol. The van der Waals surface area contributed by atoms with E-state index in [9.17, 15) is 9.59 Å². The van der Waals surface area contributed by atoms with Crippen molar-refractivity contribution in [2.24, 2.45) is 0 Å². The van der Waals surface area contributed by atoms with Gasteiger partial charge in [-0.3, -0.25) is 0 Å². The summed E-state index contributed by atoms with van der Waals surface area (Å²) in [6.45, 7) is 1.88. The maximum Gasteiger partial charge on any atom is 0.348 e. The van der Waals surface area contributed by atoms with Crippen molar-refractivity contribution in [3.8, 4) is 23.0 Å². The van der Waals surface area contributed by atoms with Crippen LogP contribution in [0.15, 0.2) is 45.6 Å². The maximum atomic E-state index is 13.0. The fraction of sp³-hybridized carbons (Fsp3) is 0.304. The van der Waals surface area contributed by atoms with Gasteiger partial charge in [-0.15, -0.1) is 0 Å². The van der Waals surface area contributed by atoms with Gasteiger partial charge in [0.15, 0.2) is 11.5 Å². The SMILES string of the molecule is CCOC(=O)[C@@H]1Oc2c(c(=O)oc3ccccc23)[C@H]1c1cc(OC)c(OC)c(OC)c1. The quantitative estimate of drug-likeness (QED) is 0.438. The van der Waals surface area contributed by atoms with E-state index in [0.29, 0.717) is 39.5 Å². The molecule has 0 aliphatic carbocycles. The second kappa shape index (κ2) is 8.22. The Labute approximate surface area is 178 Å². The topological polar surface area (TPSA) is 93.4 Å². The van der Waals surface area contributed by atoms with Crippen LogP contribution < -0.4 is 24.6 Å². The minimum absolute atomic E-state index is 0.173. The van der Waals surface area contributed by atoms with Gasteiger partial charge >= 0.3 is 11.6 Å². The lowest BCUT2D eigenvalue weighted by Crippen LogP contribution is -2.32. The van der Waals surface area contributed by atoms with Crippen LogP contribution in [0.1, 0.15) is 24.0 Å². The largest absolute Gasteiger partial charge is 0.493 e. The Bertz CT molecular complexity index is 1170. The molecule has 0 saturated heterocycles. The summed E-state index contributed by atoms with van der Waals surface area (Å²) in [7, 11) is 4.48. The number of esters is 1.